The van der Waals surface area contributed by atoms with Gasteiger partial charge >= 0.3 is 0 Å². The van der Waals surface area contributed by atoms with E-state index in [0.717, 1.165) is 34.8 Å². The van der Waals surface area contributed by atoms with Crippen molar-refractivity contribution in [2.75, 3.05) is 19.5 Å². The van der Waals surface area contributed by atoms with E-state index in [1.54, 1.807) is 20.4 Å². The number of hydrogen-bond donors (Lipinski definition) is 1. The number of amidine groups is 1. The van der Waals surface area contributed by atoms with Gasteiger partial charge in [-0.3, -0.25) is 0 Å². The van der Waals surface area contributed by atoms with E-state index in [4.69, 9.17) is 9.47 Å². The molecule has 1 unspecified atom stereocenters. The Morgan fingerprint density at radius 3 is 2.46 bits per heavy atom. The van der Waals surface area contributed by atoms with Gasteiger partial charge in [0.05, 0.1) is 14.2 Å². The predicted octanol–water partition coefficient (Wildman–Crippen LogP) is 5.53. The molecule has 0 aliphatic rings. The van der Waals surface area contributed by atoms with E-state index < -0.39 is 0 Å². The fraction of sp³-hybridized carbons (Fsp3) is 0.318. The number of methoxy groups -OCH3 is 2. The highest BCUT2D eigenvalue weighted by atomic mass is 16.5. The van der Waals surface area contributed by atoms with Crippen LogP contribution in [0.2, 0.25) is 0 Å². The Bertz CT molecular complexity index is 797. The van der Waals surface area contributed by atoms with Gasteiger partial charge in [0.15, 0.2) is 11.5 Å². The van der Waals surface area contributed by atoms with Crippen LogP contribution in [0.5, 0.6) is 11.5 Å². The zero-order valence-electron chi connectivity index (χ0n) is 16.3. The lowest BCUT2D eigenvalue weighted by atomic mass is 9.92. The number of anilines is 1. The lowest BCUT2D eigenvalue weighted by Crippen LogP contribution is -2.17. The normalized spacial score (nSPS) is 12.4. The zero-order valence-corrected chi connectivity index (χ0v) is 16.3. The second-order valence-electron chi connectivity index (χ2n) is 6.26. The number of aryl methyl sites for hydroxylation is 1. The van der Waals surface area contributed by atoms with Crippen LogP contribution in [0.15, 0.2) is 54.2 Å². The first-order chi connectivity index (χ1) is 12.5. The molecule has 0 amide bonds. The molecule has 2 rings (SSSR count). The molecule has 1 atom stereocenters. The van der Waals surface area contributed by atoms with Gasteiger partial charge in [0, 0.05) is 17.5 Å². The standard InChI is InChI=1S/C22H28N2O2/c1-7-16(4)18-13-20(25-5)21(26-6)14-19(18)22(23-8-2)24-17-11-9-10-15(3)12-17/h8-14,16H,2,7H2,1,3-6H3,(H,23,24). The van der Waals surface area contributed by atoms with Gasteiger partial charge in [0.1, 0.15) is 5.84 Å². The van der Waals surface area contributed by atoms with Gasteiger partial charge in [-0.25, -0.2) is 4.99 Å². The molecule has 2 aromatic carbocycles. The van der Waals surface area contributed by atoms with Crippen molar-refractivity contribution < 1.29 is 9.47 Å². The van der Waals surface area contributed by atoms with Crippen molar-refractivity contribution >= 4 is 11.5 Å². The van der Waals surface area contributed by atoms with Crippen LogP contribution in [-0.4, -0.2) is 20.1 Å². The molecule has 2 aromatic rings. The number of benzene rings is 2. The first-order valence-corrected chi connectivity index (χ1v) is 8.82. The summed E-state index contributed by atoms with van der Waals surface area (Å²) in [7, 11) is 3.30. The van der Waals surface area contributed by atoms with Gasteiger partial charge in [-0.15, -0.1) is 0 Å². The second kappa shape index (κ2) is 9.09. The molecule has 26 heavy (non-hydrogen) atoms. The lowest BCUT2D eigenvalue weighted by molar-refractivity contribution is 0.354. The number of aliphatic imine (C=N–C) groups is 1. The third-order valence-corrected chi connectivity index (χ3v) is 4.46. The summed E-state index contributed by atoms with van der Waals surface area (Å²) in [6, 6.07) is 12.2. The highest BCUT2D eigenvalue weighted by Crippen LogP contribution is 2.35. The van der Waals surface area contributed by atoms with Crippen LogP contribution in [0.1, 0.15) is 42.9 Å². The van der Waals surface area contributed by atoms with Crippen LogP contribution in [0.25, 0.3) is 0 Å². The molecule has 0 aromatic heterocycles. The number of nitrogens with one attached hydrogen (secondary N) is 1. The molecular weight excluding hydrogens is 324 g/mol. The monoisotopic (exact) mass is 352 g/mol. The maximum atomic E-state index is 5.51. The summed E-state index contributed by atoms with van der Waals surface area (Å²) in [5.74, 6) is 2.48. The molecule has 0 bridgehead atoms. The Hall–Kier alpha value is -2.75. The van der Waals surface area contributed by atoms with E-state index in [2.05, 4.69) is 49.8 Å². The van der Waals surface area contributed by atoms with Crippen molar-refractivity contribution in [1.82, 2.24) is 0 Å². The summed E-state index contributed by atoms with van der Waals surface area (Å²) in [5.41, 5.74) is 4.31. The van der Waals surface area contributed by atoms with Gasteiger partial charge < -0.3 is 14.8 Å². The maximum absolute atomic E-state index is 5.51. The van der Waals surface area contributed by atoms with Gasteiger partial charge in [-0.05, 0) is 54.7 Å². The van der Waals surface area contributed by atoms with Crippen molar-refractivity contribution in [3.05, 3.63) is 65.9 Å². The van der Waals surface area contributed by atoms with Crippen molar-refractivity contribution in [3.63, 3.8) is 0 Å². The third-order valence-electron chi connectivity index (χ3n) is 4.46. The minimum Gasteiger partial charge on any atom is -0.493 e. The lowest BCUT2D eigenvalue weighted by Gasteiger charge is -2.20. The summed E-state index contributed by atoms with van der Waals surface area (Å²) >= 11 is 0. The molecule has 0 heterocycles. The smallest absolute Gasteiger partial charge is 0.161 e. The summed E-state index contributed by atoms with van der Waals surface area (Å²) in [6.07, 6.45) is 2.56. The number of hydrogen-bond acceptors (Lipinski definition) is 3. The molecule has 0 radical (unpaired) electrons. The summed E-state index contributed by atoms with van der Waals surface area (Å²) in [5, 5.41) is 3.43. The molecule has 4 nitrogen and oxygen atoms in total. The van der Waals surface area contributed by atoms with E-state index in [-0.39, 0.29) is 0 Å². The van der Waals surface area contributed by atoms with E-state index in [1.807, 2.05) is 24.3 Å². The largest absolute Gasteiger partial charge is 0.493 e. The fourth-order valence-corrected chi connectivity index (χ4v) is 2.85. The molecule has 0 spiro atoms. The van der Waals surface area contributed by atoms with Crippen LogP contribution in [0.4, 0.5) is 5.69 Å². The summed E-state index contributed by atoms with van der Waals surface area (Å²) < 4.78 is 11.0. The Morgan fingerprint density at radius 2 is 1.88 bits per heavy atom. The minimum absolute atomic E-state index is 0.346. The van der Waals surface area contributed by atoms with Gasteiger partial charge in [-0.1, -0.05) is 32.6 Å². The number of rotatable bonds is 7. The number of ether oxygens (including phenoxy) is 2. The quantitative estimate of drug-likeness (QED) is 0.526. The first-order valence-electron chi connectivity index (χ1n) is 8.82. The van der Waals surface area contributed by atoms with Crippen LogP contribution in [0, 0.1) is 6.92 Å². The van der Waals surface area contributed by atoms with Crippen molar-refractivity contribution in [3.8, 4) is 11.5 Å². The maximum Gasteiger partial charge on any atom is 0.161 e. The van der Waals surface area contributed by atoms with E-state index in [1.165, 1.54) is 5.56 Å². The van der Waals surface area contributed by atoms with Gasteiger partial charge in [0.2, 0.25) is 0 Å². The average Bonchev–Trinajstić information content (AvgIpc) is 2.66. The van der Waals surface area contributed by atoms with Crippen LogP contribution in [0.3, 0.4) is 0 Å². The predicted molar refractivity (Wildman–Crippen MR) is 110 cm³/mol. The fourth-order valence-electron chi connectivity index (χ4n) is 2.85. The third kappa shape index (κ3) is 4.45. The average molecular weight is 352 g/mol. The zero-order chi connectivity index (χ0) is 19.1. The first kappa shape index (κ1) is 19.6. The van der Waals surface area contributed by atoms with E-state index >= 15 is 0 Å². The highest BCUT2D eigenvalue weighted by Gasteiger charge is 2.19. The van der Waals surface area contributed by atoms with Crippen molar-refractivity contribution in [2.45, 2.75) is 33.1 Å². The van der Waals surface area contributed by atoms with Crippen molar-refractivity contribution in [2.24, 2.45) is 4.99 Å². The molecule has 0 saturated heterocycles. The molecule has 4 heteroatoms. The Kier molecular flexibility index (Phi) is 6.84. The Labute approximate surface area is 156 Å². The Balaban J connectivity index is 2.59. The molecule has 0 aliphatic carbocycles. The highest BCUT2D eigenvalue weighted by molar-refractivity contribution is 6.10. The molecular formula is C22H28N2O2. The topological polar surface area (TPSA) is 42.9 Å². The molecule has 1 N–H and O–H groups in total. The number of nitrogens with zero attached hydrogens (tertiary/aromatic N) is 1. The Morgan fingerprint density at radius 1 is 1.19 bits per heavy atom. The molecule has 138 valence electrons. The van der Waals surface area contributed by atoms with Gasteiger partial charge in [-0.2, -0.15) is 0 Å². The SMILES string of the molecule is C=CN=C(Nc1cccc(C)c1)c1cc(OC)c(OC)cc1C(C)CC. The second-order valence-corrected chi connectivity index (χ2v) is 6.26. The summed E-state index contributed by atoms with van der Waals surface area (Å²) in [6.45, 7) is 10.2. The molecule has 0 saturated carbocycles. The van der Waals surface area contributed by atoms with Crippen LogP contribution in [-0.2, 0) is 0 Å². The molecule has 0 fully saturated rings. The molecule has 0 aliphatic heterocycles. The van der Waals surface area contributed by atoms with Crippen LogP contribution >= 0.6 is 0 Å². The van der Waals surface area contributed by atoms with Crippen LogP contribution < -0.4 is 14.8 Å². The van der Waals surface area contributed by atoms with Gasteiger partial charge in [0.25, 0.3) is 0 Å². The minimum atomic E-state index is 0.346. The summed E-state index contributed by atoms with van der Waals surface area (Å²) in [4.78, 5) is 4.50. The van der Waals surface area contributed by atoms with E-state index in [9.17, 15) is 0 Å². The van der Waals surface area contributed by atoms with Crippen molar-refractivity contribution in [1.29, 1.82) is 0 Å². The van der Waals surface area contributed by atoms with E-state index in [0.29, 0.717) is 11.7 Å².